The number of carbonyl (C=O) groups excluding carboxylic acids is 1. The highest BCUT2D eigenvalue weighted by atomic mass is 16.1. The largest absolute Gasteiger partial charge is 0.349 e. The Hall–Kier alpha value is -2.09. The van der Waals surface area contributed by atoms with Gasteiger partial charge in [0, 0.05) is 11.6 Å². The van der Waals surface area contributed by atoms with Gasteiger partial charge in [-0.2, -0.15) is 0 Å². The van der Waals surface area contributed by atoms with Gasteiger partial charge in [-0.05, 0) is 36.1 Å². The highest BCUT2D eigenvalue weighted by molar-refractivity contribution is 5.94. The van der Waals surface area contributed by atoms with E-state index in [9.17, 15) is 4.79 Å². The Morgan fingerprint density at radius 3 is 1.67 bits per heavy atom. The summed E-state index contributed by atoms with van der Waals surface area (Å²) in [5.41, 5.74) is 3.10. The highest BCUT2D eigenvalue weighted by Crippen LogP contribution is 2.20. The number of carbonyl (C=O) groups is 1. The van der Waals surface area contributed by atoms with Crippen LogP contribution in [0.1, 0.15) is 81.0 Å². The lowest BCUT2D eigenvalue weighted by molar-refractivity contribution is 0.0931. The molecule has 0 aromatic heterocycles. The number of nitrogens with one attached hydrogen (secondary N) is 1. The van der Waals surface area contributed by atoms with E-state index in [1.165, 1.54) is 63.4 Å². The summed E-state index contributed by atoms with van der Waals surface area (Å²) in [6, 6.07) is 18.6. The topological polar surface area (TPSA) is 29.1 Å². The zero-order valence-electron chi connectivity index (χ0n) is 16.5. The first-order valence-electron chi connectivity index (χ1n) is 10.8. The van der Waals surface area contributed by atoms with Gasteiger partial charge in [-0.25, -0.2) is 0 Å². The predicted molar refractivity (Wildman–Crippen MR) is 114 cm³/mol. The molecule has 0 atom stereocenters. The zero-order chi connectivity index (χ0) is 18.7. The number of rotatable bonds is 3. The van der Waals surface area contributed by atoms with Gasteiger partial charge in [-0.1, -0.05) is 100 Å². The second kappa shape index (κ2) is 10.9. The first kappa shape index (κ1) is 19.7. The van der Waals surface area contributed by atoms with Gasteiger partial charge in [0.25, 0.3) is 5.91 Å². The second-order valence-corrected chi connectivity index (χ2v) is 7.87. The molecule has 27 heavy (non-hydrogen) atoms. The first-order valence-corrected chi connectivity index (χ1v) is 10.8. The van der Waals surface area contributed by atoms with Crippen molar-refractivity contribution in [2.75, 3.05) is 0 Å². The van der Waals surface area contributed by atoms with Gasteiger partial charge in [0.2, 0.25) is 0 Å². The molecule has 0 unspecified atom stereocenters. The van der Waals surface area contributed by atoms with E-state index >= 15 is 0 Å². The third kappa shape index (κ3) is 6.53. The van der Waals surface area contributed by atoms with Crippen LogP contribution in [0.15, 0.2) is 54.6 Å². The lowest BCUT2D eigenvalue weighted by Crippen LogP contribution is -2.34. The molecule has 2 nitrogen and oxygen atoms in total. The van der Waals surface area contributed by atoms with Crippen LogP contribution in [0.4, 0.5) is 0 Å². The number of hydrogen-bond donors (Lipinski definition) is 1. The SMILES string of the molecule is O=C(NC1CCCCCCCCCCC1)c1ccc(-c2ccccc2)cc1. The van der Waals surface area contributed by atoms with Gasteiger partial charge in [0.15, 0.2) is 0 Å². The molecular weight excluding hydrogens is 330 g/mol. The second-order valence-electron chi connectivity index (χ2n) is 7.87. The van der Waals surface area contributed by atoms with Crippen LogP contribution in [0.5, 0.6) is 0 Å². The molecule has 1 amide bonds. The van der Waals surface area contributed by atoms with Crippen LogP contribution < -0.4 is 5.32 Å². The number of benzene rings is 2. The van der Waals surface area contributed by atoms with Crippen LogP contribution in [-0.4, -0.2) is 11.9 Å². The van der Waals surface area contributed by atoms with Crippen molar-refractivity contribution in [3.8, 4) is 11.1 Å². The summed E-state index contributed by atoms with van der Waals surface area (Å²) in [6.45, 7) is 0. The molecule has 1 N–H and O–H groups in total. The van der Waals surface area contributed by atoms with E-state index in [2.05, 4.69) is 17.4 Å². The Kier molecular flexibility index (Phi) is 7.95. The van der Waals surface area contributed by atoms with Crippen molar-refractivity contribution in [3.63, 3.8) is 0 Å². The minimum absolute atomic E-state index is 0.0757. The van der Waals surface area contributed by atoms with E-state index in [1.54, 1.807) is 0 Å². The molecule has 0 bridgehead atoms. The van der Waals surface area contributed by atoms with Crippen molar-refractivity contribution < 1.29 is 4.79 Å². The van der Waals surface area contributed by atoms with E-state index in [0.29, 0.717) is 6.04 Å². The summed E-state index contributed by atoms with van der Waals surface area (Å²) in [5.74, 6) is 0.0757. The fourth-order valence-corrected chi connectivity index (χ4v) is 4.02. The lowest BCUT2D eigenvalue weighted by atomic mass is 9.97. The van der Waals surface area contributed by atoms with Crippen molar-refractivity contribution in [3.05, 3.63) is 60.2 Å². The standard InChI is InChI=1S/C25H33NO/c27-25(23-19-17-22(18-20-23)21-13-9-8-10-14-21)26-24-15-11-6-4-2-1-3-5-7-12-16-24/h8-10,13-14,17-20,24H,1-7,11-12,15-16H2,(H,26,27). The summed E-state index contributed by atoms with van der Waals surface area (Å²) in [4.78, 5) is 12.7. The van der Waals surface area contributed by atoms with Gasteiger partial charge >= 0.3 is 0 Å². The van der Waals surface area contributed by atoms with Crippen molar-refractivity contribution in [2.24, 2.45) is 0 Å². The van der Waals surface area contributed by atoms with Crippen molar-refractivity contribution >= 4 is 5.91 Å². The number of amides is 1. The molecule has 2 aromatic rings. The van der Waals surface area contributed by atoms with E-state index in [1.807, 2.05) is 42.5 Å². The average Bonchev–Trinajstić information content (AvgIpc) is 2.71. The molecule has 3 rings (SSSR count). The molecule has 0 spiro atoms. The third-order valence-electron chi connectivity index (χ3n) is 5.69. The van der Waals surface area contributed by atoms with Gasteiger partial charge in [0.05, 0.1) is 0 Å². The van der Waals surface area contributed by atoms with Crippen molar-refractivity contribution in [1.82, 2.24) is 5.32 Å². The van der Waals surface area contributed by atoms with Crippen LogP contribution in [-0.2, 0) is 0 Å². The van der Waals surface area contributed by atoms with Crippen LogP contribution in [0, 0.1) is 0 Å². The van der Waals surface area contributed by atoms with Crippen LogP contribution in [0.2, 0.25) is 0 Å². The molecule has 0 saturated heterocycles. The summed E-state index contributed by atoms with van der Waals surface area (Å²) >= 11 is 0. The maximum absolute atomic E-state index is 12.7. The van der Waals surface area contributed by atoms with Gasteiger partial charge in [-0.15, -0.1) is 0 Å². The molecule has 1 fully saturated rings. The fourth-order valence-electron chi connectivity index (χ4n) is 4.02. The molecule has 2 aromatic carbocycles. The molecular formula is C25H33NO. The Bertz CT molecular complexity index is 665. The van der Waals surface area contributed by atoms with Crippen LogP contribution in [0.25, 0.3) is 11.1 Å². The number of hydrogen-bond acceptors (Lipinski definition) is 1. The predicted octanol–water partition coefficient (Wildman–Crippen LogP) is 6.76. The van der Waals surface area contributed by atoms with Gasteiger partial charge in [-0.3, -0.25) is 4.79 Å². The normalized spacial score (nSPS) is 17.5. The zero-order valence-corrected chi connectivity index (χ0v) is 16.5. The van der Waals surface area contributed by atoms with Crippen molar-refractivity contribution in [2.45, 2.75) is 76.7 Å². The first-order chi connectivity index (χ1) is 13.3. The fraction of sp³-hybridized carbons (Fsp3) is 0.480. The molecule has 1 aliphatic carbocycles. The Balaban J connectivity index is 1.57. The van der Waals surface area contributed by atoms with E-state index in [-0.39, 0.29) is 5.91 Å². The molecule has 1 saturated carbocycles. The van der Waals surface area contributed by atoms with Crippen LogP contribution >= 0.6 is 0 Å². The summed E-state index contributed by atoms with van der Waals surface area (Å²) < 4.78 is 0. The molecule has 2 heteroatoms. The molecule has 0 aliphatic heterocycles. The third-order valence-corrected chi connectivity index (χ3v) is 5.69. The molecule has 144 valence electrons. The monoisotopic (exact) mass is 363 g/mol. The van der Waals surface area contributed by atoms with Crippen LogP contribution in [0.3, 0.4) is 0 Å². The maximum Gasteiger partial charge on any atom is 0.251 e. The van der Waals surface area contributed by atoms with Crippen molar-refractivity contribution in [1.29, 1.82) is 0 Å². The molecule has 0 radical (unpaired) electrons. The summed E-state index contributed by atoms with van der Waals surface area (Å²) in [7, 11) is 0. The van der Waals surface area contributed by atoms with E-state index < -0.39 is 0 Å². The summed E-state index contributed by atoms with van der Waals surface area (Å²) in [6.07, 6.45) is 14.2. The maximum atomic E-state index is 12.7. The quantitative estimate of drug-likeness (QED) is 0.641. The summed E-state index contributed by atoms with van der Waals surface area (Å²) in [5, 5.41) is 3.31. The Morgan fingerprint density at radius 2 is 1.11 bits per heavy atom. The van der Waals surface area contributed by atoms with E-state index in [4.69, 9.17) is 0 Å². The smallest absolute Gasteiger partial charge is 0.251 e. The Labute approximate surface area is 164 Å². The average molecular weight is 364 g/mol. The minimum atomic E-state index is 0.0757. The Morgan fingerprint density at radius 1 is 0.630 bits per heavy atom. The minimum Gasteiger partial charge on any atom is -0.349 e. The van der Waals surface area contributed by atoms with Gasteiger partial charge < -0.3 is 5.32 Å². The molecule has 0 heterocycles. The van der Waals surface area contributed by atoms with E-state index in [0.717, 1.165) is 24.0 Å². The molecule has 1 aliphatic rings. The van der Waals surface area contributed by atoms with Gasteiger partial charge in [0.1, 0.15) is 0 Å². The highest BCUT2D eigenvalue weighted by Gasteiger charge is 2.14. The lowest BCUT2D eigenvalue weighted by Gasteiger charge is -2.19.